The molecule has 0 radical (unpaired) electrons. The number of hydrogen-bond donors (Lipinski definition) is 1. The van der Waals surface area contributed by atoms with E-state index in [-0.39, 0.29) is 6.42 Å². The highest BCUT2D eigenvalue weighted by Crippen LogP contribution is 2.36. The van der Waals surface area contributed by atoms with Crippen LogP contribution in [0.1, 0.15) is 11.3 Å². The SMILES string of the molecule is CON=S1C(CC(=O)O)=Cc2sccc21. The second-order valence-electron chi connectivity index (χ2n) is 2.87. The van der Waals surface area contributed by atoms with Gasteiger partial charge in [-0.2, -0.15) is 0 Å². The number of carboxylic acids is 1. The largest absolute Gasteiger partial charge is 0.481 e. The summed E-state index contributed by atoms with van der Waals surface area (Å²) in [7, 11) is 0.946. The van der Waals surface area contributed by atoms with Crippen LogP contribution in [0, 0.1) is 0 Å². The molecule has 1 N–H and O–H groups in total. The zero-order valence-electron chi connectivity index (χ0n) is 7.97. The van der Waals surface area contributed by atoms with Crippen molar-refractivity contribution in [2.45, 2.75) is 11.3 Å². The first kappa shape index (κ1) is 10.5. The van der Waals surface area contributed by atoms with Crippen LogP contribution in [0.4, 0.5) is 0 Å². The lowest BCUT2D eigenvalue weighted by Gasteiger charge is -2.02. The van der Waals surface area contributed by atoms with E-state index in [1.54, 1.807) is 11.3 Å². The molecule has 1 aromatic heterocycles. The van der Waals surface area contributed by atoms with Crippen molar-refractivity contribution in [3.63, 3.8) is 0 Å². The summed E-state index contributed by atoms with van der Waals surface area (Å²) in [5.41, 5.74) is 0. The minimum atomic E-state index is -0.833. The standard InChI is InChI=1S/C9H9NO3S2/c1-13-10-15-6(5-9(11)12)4-7-8(15)2-3-14-7/h2-4H,5H2,1H3,(H,11,12). The Labute approximate surface area is 93.3 Å². The Kier molecular flexibility index (Phi) is 2.99. The van der Waals surface area contributed by atoms with E-state index in [4.69, 9.17) is 9.94 Å². The van der Waals surface area contributed by atoms with Gasteiger partial charge in [0.25, 0.3) is 0 Å². The van der Waals surface area contributed by atoms with Gasteiger partial charge in [0, 0.05) is 14.7 Å². The quantitative estimate of drug-likeness (QED) is 0.829. The van der Waals surface area contributed by atoms with Crippen molar-refractivity contribution in [3.8, 4) is 0 Å². The molecule has 15 heavy (non-hydrogen) atoms. The van der Waals surface area contributed by atoms with E-state index in [1.165, 1.54) is 7.11 Å². The van der Waals surface area contributed by atoms with Crippen molar-refractivity contribution in [1.29, 1.82) is 0 Å². The summed E-state index contributed by atoms with van der Waals surface area (Å²) in [5.74, 6) is -0.833. The maximum Gasteiger partial charge on any atom is 0.308 e. The molecule has 0 spiro atoms. The number of hydrogen-bond acceptors (Lipinski definition) is 4. The first-order valence-corrected chi connectivity index (χ1v) is 6.27. The van der Waals surface area contributed by atoms with Crippen LogP contribution < -0.4 is 0 Å². The Bertz CT molecular complexity index is 462. The van der Waals surface area contributed by atoms with E-state index >= 15 is 0 Å². The van der Waals surface area contributed by atoms with Crippen LogP contribution in [-0.4, -0.2) is 18.2 Å². The van der Waals surface area contributed by atoms with E-state index in [0.717, 1.165) is 14.7 Å². The van der Waals surface area contributed by atoms with Gasteiger partial charge in [-0.05, 0) is 28.2 Å². The molecule has 0 aliphatic carbocycles. The van der Waals surface area contributed by atoms with Gasteiger partial charge >= 0.3 is 5.97 Å². The van der Waals surface area contributed by atoms with Crippen LogP contribution in [0.3, 0.4) is 0 Å². The smallest absolute Gasteiger partial charge is 0.308 e. The van der Waals surface area contributed by atoms with Gasteiger partial charge in [-0.25, -0.2) is 4.84 Å². The average Bonchev–Trinajstić information content (AvgIpc) is 2.69. The van der Waals surface area contributed by atoms with Crippen molar-refractivity contribution in [2.75, 3.05) is 7.11 Å². The Hall–Kier alpha value is -0.980. The monoisotopic (exact) mass is 243 g/mol. The van der Waals surface area contributed by atoms with Crippen molar-refractivity contribution in [2.24, 2.45) is 4.53 Å². The van der Waals surface area contributed by atoms with E-state index in [2.05, 4.69) is 4.53 Å². The van der Waals surface area contributed by atoms with Gasteiger partial charge < -0.3 is 5.11 Å². The summed E-state index contributed by atoms with van der Waals surface area (Å²) in [6.07, 6.45) is 1.93. The lowest BCUT2D eigenvalue weighted by molar-refractivity contribution is -0.136. The number of rotatable bonds is 3. The number of thiophene rings is 1. The van der Waals surface area contributed by atoms with Crippen LogP contribution in [0.2, 0.25) is 0 Å². The third kappa shape index (κ3) is 2.01. The van der Waals surface area contributed by atoms with Gasteiger partial charge in [0.05, 0.1) is 13.5 Å². The predicted molar refractivity (Wildman–Crippen MR) is 59.6 cm³/mol. The normalized spacial score (nSPS) is 19.0. The topological polar surface area (TPSA) is 58.9 Å². The van der Waals surface area contributed by atoms with Crippen LogP contribution in [-0.2, 0) is 20.3 Å². The summed E-state index contributed by atoms with van der Waals surface area (Å²) in [6, 6.07) is 1.97. The van der Waals surface area contributed by atoms with Crippen molar-refractivity contribution < 1.29 is 14.7 Å². The second-order valence-corrected chi connectivity index (χ2v) is 5.50. The molecule has 2 heterocycles. The fourth-order valence-corrected chi connectivity index (χ4v) is 4.18. The van der Waals surface area contributed by atoms with Crippen LogP contribution in [0.5, 0.6) is 0 Å². The maximum atomic E-state index is 10.7. The van der Waals surface area contributed by atoms with Gasteiger partial charge in [0.1, 0.15) is 0 Å². The molecule has 4 nitrogen and oxygen atoms in total. The first-order chi connectivity index (χ1) is 7.22. The Morgan fingerprint density at radius 2 is 2.53 bits per heavy atom. The van der Waals surface area contributed by atoms with E-state index in [1.807, 2.05) is 17.5 Å². The minimum Gasteiger partial charge on any atom is -0.481 e. The third-order valence-electron chi connectivity index (χ3n) is 1.88. The molecule has 0 saturated carbocycles. The second kappa shape index (κ2) is 4.26. The summed E-state index contributed by atoms with van der Waals surface area (Å²) in [5, 5.41) is 10.7. The Morgan fingerprint density at radius 1 is 1.73 bits per heavy atom. The molecule has 1 unspecified atom stereocenters. The number of fused-ring (bicyclic) bond motifs is 1. The highest BCUT2D eigenvalue weighted by Gasteiger charge is 2.22. The van der Waals surface area contributed by atoms with Crippen molar-refractivity contribution >= 4 is 34.1 Å². The zero-order valence-corrected chi connectivity index (χ0v) is 9.60. The number of carboxylic acid groups (broad SMARTS) is 1. The van der Waals surface area contributed by atoms with Gasteiger partial charge in [-0.1, -0.05) is 0 Å². The molecule has 2 rings (SSSR count). The van der Waals surface area contributed by atoms with Gasteiger partial charge in [0.2, 0.25) is 0 Å². The maximum absolute atomic E-state index is 10.7. The fourth-order valence-electron chi connectivity index (χ4n) is 1.35. The van der Waals surface area contributed by atoms with Crippen molar-refractivity contribution in [3.05, 3.63) is 21.2 Å². The molecule has 0 bridgehead atoms. The van der Waals surface area contributed by atoms with Crippen molar-refractivity contribution in [1.82, 2.24) is 0 Å². The lowest BCUT2D eigenvalue weighted by atomic mass is 10.3. The molecule has 0 aromatic carbocycles. The Morgan fingerprint density at radius 3 is 3.20 bits per heavy atom. The predicted octanol–water partition coefficient (Wildman–Crippen LogP) is 2.30. The average molecular weight is 243 g/mol. The molecule has 0 amide bonds. The van der Waals surface area contributed by atoms with Gasteiger partial charge in [-0.3, -0.25) is 4.79 Å². The van der Waals surface area contributed by atoms with E-state index in [0.29, 0.717) is 0 Å². The van der Waals surface area contributed by atoms with Crippen LogP contribution in [0.25, 0.3) is 6.08 Å². The third-order valence-corrected chi connectivity index (χ3v) is 4.70. The van der Waals surface area contributed by atoms with E-state index in [9.17, 15) is 4.79 Å². The first-order valence-electron chi connectivity index (χ1n) is 4.21. The fraction of sp³-hybridized carbons (Fsp3) is 0.222. The highest BCUT2D eigenvalue weighted by atomic mass is 32.2. The minimum absolute atomic E-state index is 0.0252. The molecule has 1 atom stereocenters. The van der Waals surface area contributed by atoms with Gasteiger partial charge in [0.15, 0.2) is 0 Å². The van der Waals surface area contributed by atoms with Crippen LogP contribution in [0.15, 0.2) is 25.8 Å². The number of nitrogens with zero attached hydrogens (tertiary/aromatic N) is 1. The molecule has 1 aromatic rings. The molecule has 80 valence electrons. The summed E-state index contributed by atoms with van der Waals surface area (Å²) in [6.45, 7) is 0. The zero-order chi connectivity index (χ0) is 10.8. The van der Waals surface area contributed by atoms with Crippen LogP contribution >= 0.6 is 11.3 Å². The molecule has 0 fully saturated rings. The van der Waals surface area contributed by atoms with Gasteiger partial charge in [-0.15, -0.1) is 15.9 Å². The molecule has 1 aliphatic heterocycles. The lowest BCUT2D eigenvalue weighted by Crippen LogP contribution is -2.00. The summed E-state index contributed by atoms with van der Waals surface area (Å²) >= 11 is 1.59. The number of aliphatic carboxylic acids is 1. The summed E-state index contributed by atoms with van der Waals surface area (Å²) in [4.78, 5) is 18.4. The van der Waals surface area contributed by atoms with E-state index < -0.39 is 16.7 Å². The molecule has 0 saturated heterocycles. The summed E-state index contributed by atoms with van der Waals surface area (Å²) < 4.78 is 3.97. The molecule has 1 aliphatic rings. The highest BCUT2D eigenvalue weighted by molar-refractivity contribution is 7.92. The molecular formula is C9H9NO3S2. The Balaban J connectivity index is 2.37. The number of carbonyl (C=O) groups is 1. The molecule has 6 heteroatoms. The molecular weight excluding hydrogens is 234 g/mol.